The van der Waals surface area contributed by atoms with Crippen molar-refractivity contribution in [3.8, 4) is 0 Å². The van der Waals surface area contributed by atoms with E-state index < -0.39 is 0 Å². The van der Waals surface area contributed by atoms with E-state index in [0.717, 1.165) is 5.56 Å². The van der Waals surface area contributed by atoms with Crippen molar-refractivity contribution in [2.45, 2.75) is 20.5 Å². The minimum absolute atomic E-state index is 0.0161. The zero-order valence-corrected chi connectivity index (χ0v) is 7.47. The molecule has 0 atom stereocenters. The maximum atomic E-state index is 8.58. The summed E-state index contributed by atoms with van der Waals surface area (Å²) >= 11 is 5.50. The molecule has 1 rings (SSSR count). The molecule has 11 heavy (non-hydrogen) atoms. The minimum atomic E-state index is 0.0161. The fourth-order valence-electron chi connectivity index (χ4n) is 0.541. The fourth-order valence-corrected chi connectivity index (χ4v) is 0.737. The molecule has 0 unspecified atom stereocenters. The van der Waals surface area contributed by atoms with Crippen LogP contribution in [-0.4, -0.2) is 10.1 Å². The van der Waals surface area contributed by atoms with E-state index in [4.69, 9.17) is 16.7 Å². The summed E-state index contributed by atoms with van der Waals surface area (Å²) < 4.78 is 0. The van der Waals surface area contributed by atoms with Gasteiger partial charge in [-0.2, -0.15) is 0 Å². The van der Waals surface area contributed by atoms with Gasteiger partial charge in [-0.3, -0.25) is 0 Å². The smallest absolute Gasteiger partial charge is 0.129 e. The Labute approximate surface area is 71.8 Å². The molecule has 0 aliphatic rings. The van der Waals surface area contributed by atoms with Gasteiger partial charge < -0.3 is 5.11 Å². The van der Waals surface area contributed by atoms with Crippen molar-refractivity contribution >= 4 is 11.6 Å². The lowest BCUT2D eigenvalue weighted by Crippen LogP contribution is -1.82. The standard InChI is InChI=1S/C6H6ClNO.C2H6/c7-6-3-5(4-9)1-2-8-6;1-2/h1-3,9H,4H2;1-2H3. The Bertz CT molecular complexity index is 203. The van der Waals surface area contributed by atoms with Gasteiger partial charge in [-0.15, -0.1) is 0 Å². The van der Waals surface area contributed by atoms with Crippen molar-refractivity contribution in [2.75, 3.05) is 0 Å². The number of aliphatic hydroxyl groups excluding tert-OH is 1. The topological polar surface area (TPSA) is 33.1 Å². The van der Waals surface area contributed by atoms with Crippen LogP contribution in [0.2, 0.25) is 5.15 Å². The summed E-state index contributed by atoms with van der Waals surface area (Å²) in [6.45, 7) is 4.02. The second kappa shape index (κ2) is 6.13. The molecule has 1 aromatic rings. The highest BCUT2D eigenvalue weighted by molar-refractivity contribution is 6.29. The molecule has 1 N–H and O–H groups in total. The van der Waals surface area contributed by atoms with Gasteiger partial charge in [-0.05, 0) is 17.7 Å². The largest absolute Gasteiger partial charge is 0.392 e. The van der Waals surface area contributed by atoms with Gasteiger partial charge in [0.15, 0.2) is 0 Å². The highest BCUT2D eigenvalue weighted by Crippen LogP contribution is 2.05. The number of hydrogen-bond donors (Lipinski definition) is 1. The van der Waals surface area contributed by atoms with Crippen LogP contribution in [0.5, 0.6) is 0 Å². The zero-order chi connectivity index (χ0) is 8.69. The lowest BCUT2D eigenvalue weighted by molar-refractivity contribution is 0.281. The molecule has 0 aromatic carbocycles. The van der Waals surface area contributed by atoms with Crippen LogP contribution in [0, 0.1) is 0 Å². The van der Waals surface area contributed by atoms with Crippen LogP contribution in [0.4, 0.5) is 0 Å². The number of rotatable bonds is 1. The van der Waals surface area contributed by atoms with E-state index in [1.54, 1.807) is 18.3 Å². The molecule has 0 spiro atoms. The summed E-state index contributed by atoms with van der Waals surface area (Å²) in [6.07, 6.45) is 1.56. The van der Waals surface area contributed by atoms with E-state index in [1.807, 2.05) is 13.8 Å². The van der Waals surface area contributed by atoms with Crippen molar-refractivity contribution in [1.29, 1.82) is 0 Å². The van der Waals surface area contributed by atoms with Crippen LogP contribution in [0.3, 0.4) is 0 Å². The first-order valence-electron chi connectivity index (χ1n) is 3.54. The molecular formula is C8H12ClNO. The number of pyridine rings is 1. The second-order valence-corrected chi connectivity index (χ2v) is 2.03. The third-order valence-electron chi connectivity index (χ3n) is 0.974. The molecule has 0 aliphatic carbocycles. The van der Waals surface area contributed by atoms with E-state index >= 15 is 0 Å². The Morgan fingerprint density at radius 2 is 2.18 bits per heavy atom. The predicted octanol–water partition coefficient (Wildman–Crippen LogP) is 2.25. The van der Waals surface area contributed by atoms with Gasteiger partial charge >= 0.3 is 0 Å². The van der Waals surface area contributed by atoms with Crippen LogP contribution in [0.15, 0.2) is 18.3 Å². The Morgan fingerprint density at radius 3 is 2.55 bits per heavy atom. The molecule has 0 bridgehead atoms. The lowest BCUT2D eigenvalue weighted by atomic mass is 10.3. The van der Waals surface area contributed by atoms with Crippen LogP contribution < -0.4 is 0 Å². The van der Waals surface area contributed by atoms with E-state index in [0.29, 0.717) is 5.15 Å². The van der Waals surface area contributed by atoms with Crippen molar-refractivity contribution < 1.29 is 5.11 Å². The Balaban J connectivity index is 0.000000461. The average Bonchev–Trinajstić information content (AvgIpc) is 2.08. The van der Waals surface area contributed by atoms with E-state index in [2.05, 4.69) is 4.98 Å². The van der Waals surface area contributed by atoms with Crippen LogP contribution in [0.1, 0.15) is 19.4 Å². The van der Waals surface area contributed by atoms with Gasteiger partial charge in [0.2, 0.25) is 0 Å². The summed E-state index contributed by atoms with van der Waals surface area (Å²) in [6, 6.07) is 3.34. The first-order valence-corrected chi connectivity index (χ1v) is 3.92. The first-order chi connectivity index (χ1) is 5.33. The SMILES string of the molecule is CC.OCc1ccnc(Cl)c1. The van der Waals surface area contributed by atoms with Gasteiger partial charge in [0.1, 0.15) is 5.15 Å². The highest BCUT2D eigenvalue weighted by Gasteiger charge is 1.89. The molecule has 0 amide bonds. The van der Waals surface area contributed by atoms with Gasteiger partial charge in [0.05, 0.1) is 6.61 Å². The molecular weight excluding hydrogens is 162 g/mol. The summed E-state index contributed by atoms with van der Waals surface area (Å²) in [7, 11) is 0. The maximum Gasteiger partial charge on any atom is 0.129 e. The molecule has 0 aliphatic heterocycles. The summed E-state index contributed by atoms with van der Waals surface area (Å²) in [5.41, 5.74) is 0.787. The van der Waals surface area contributed by atoms with Gasteiger partial charge in [-0.1, -0.05) is 25.4 Å². The molecule has 0 saturated heterocycles. The summed E-state index contributed by atoms with van der Waals surface area (Å²) in [5.74, 6) is 0. The van der Waals surface area contributed by atoms with Crippen molar-refractivity contribution in [3.05, 3.63) is 29.0 Å². The van der Waals surface area contributed by atoms with Crippen molar-refractivity contribution in [2.24, 2.45) is 0 Å². The van der Waals surface area contributed by atoms with E-state index in [-0.39, 0.29) is 6.61 Å². The molecule has 2 nitrogen and oxygen atoms in total. The third kappa shape index (κ3) is 3.96. The van der Waals surface area contributed by atoms with Crippen LogP contribution in [-0.2, 0) is 6.61 Å². The summed E-state index contributed by atoms with van der Waals surface area (Å²) in [5, 5.41) is 8.99. The Kier molecular flexibility index (Phi) is 5.80. The average molecular weight is 174 g/mol. The molecule has 3 heteroatoms. The zero-order valence-electron chi connectivity index (χ0n) is 6.71. The second-order valence-electron chi connectivity index (χ2n) is 1.64. The number of nitrogens with zero attached hydrogens (tertiary/aromatic N) is 1. The molecule has 1 aromatic heterocycles. The van der Waals surface area contributed by atoms with Crippen LogP contribution >= 0.6 is 11.6 Å². The monoisotopic (exact) mass is 173 g/mol. The van der Waals surface area contributed by atoms with E-state index in [9.17, 15) is 0 Å². The maximum absolute atomic E-state index is 8.58. The quantitative estimate of drug-likeness (QED) is 0.661. The number of hydrogen-bond acceptors (Lipinski definition) is 2. The Hall–Kier alpha value is -0.600. The lowest BCUT2D eigenvalue weighted by Gasteiger charge is -1.92. The molecule has 0 saturated carbocycles. The predicted molar refractivity (Wildman–Crippen MR) is 46.5 cm³/mol. The third-order valence-corrected chi connectivity index (χ3v) is 1.18. The first kappa shape index (κ1) is 10.4. The minimum Gasteiger partial charge on any atom is -0.392 e. The molecule has 0 fully saturated rings. The van der Waals surface area contributed by atoms with Gasteiger partial charge in [0, 0.05) is 6.20 Å². The number of aromatic nitrogens is 1. The van der Waals surface area contributed by atoms with Gasteiger partial charge in [0.25, 0.3) is 0 Å². The molecule has 1 heterocycles. The fraction of sp³-hybridized carbons (Fsp3) is 0.375. The normalized spacial score (nSPS) is 8.36. The highest BCUT2D eigenvalue weighted by atomic mass is 35.5. The van der Waals surface area contributed by atoms with Crippen molar-refractivity contribution in [3.63, 3.8) is 0 Å². The number of aliphatic hydroxyl groups is 1. The van der Waals surface area contributed by atoms with E-state index in [1.165, 1.54) is 0 Å². The summed E-state index contributed by atoms with van der Waals surface area (Å²) in [4.78, 5) is 3.74. The Morgan fingerprint density at radius 1 is 1.55 bits per heavy atom. The molecule has 62 valence electrons. The van der Waals surface area contributed by atoms with Gasteiger partial charge in [-0.25, -0.2) is 4.98 Å². The van der Waals surface area contributed by atoms with Crippen LogP contribution in [0.25, 0.3) is 0 Å². The van der Waals surface area contributed by atoms with Crippen molar-refractivity contribution in [1.82, 2.24) is 4.98 Å². The number of halogens is 1. The molecule has 0 radical (unpaired) electrons.